The van der Waals surface area contributed by atoms with E-state index in [1.54, 1.807) is 0 Å². The van der Waals surface area contributed by atoms with Gasteiger partial charge in [0.1, 0.15) is 0 Å². The van der Waals surface area contributed by atoms with E-state index in [0.29, 0.717) is 44.3 Å². The molecule has 1 N–H and O–H groups in total. The molecular weight excluding hydrogens is 362 g/mol. The van der Waals surface area contributed by atoms with Crippen LogP contribution < -0.4 is 5.32 Å². The summed E-state index contributed by atoms with van der Waals surface area (Å²) in [5, 5.41) is 6.78. The first-order valence-corrected chi connectivity index (χ1v) is 8.41. The molecule has 1 amide bonds. The third-order valence-electron chi connectivity index (χ3n) is 3.13. The Morgan fingerprint density at radius 3 is 2.87 bits per heavy atom. The minimum absolute atomic E-state index is 0.0232. The first-order valence-electron chi connectivity index (χ1n) is 7.62. The van der Waals surface area contributed by atoms with Crippen LogP contribution in [-0.2, 0) is 16.0 Å². The highest BCUT2D eigenvalue weighted by atomic mass is 79.9. The molecule has 1 aromatic carbocycles. The molecule has 6 nitrogen and oxygen atoms in total. The van der Waals surface area contributed by atoms with Gasteiger partial charge in [-0.25, -0.2) is 0 Å². The van der Waals surface area contributed by atoms with Crippen molar-refractivity contribution >= 4 is 21.8 Å². The molecule has 7 heteroatoms. The van der Waals surface area contributed by atoms with Gasteiger partial charge in [0.05, 0.1) is 0 Å². The lowest BCUT2D eigenvalue weighted by Gasteiger charge is -2.04. The lowest BCUT2D eigenvalue weighted by atomic mass is 10.2. The van der Waals surface area contributed by atoms with Gasteiger partial charge in [-0.1, -0.05) is 21.1 Å². The Morgan fingerprint density at radius 1 is 1.35 bits per heavy atom. The molecule has 0 aliphatic rings. The molecule has 2 aromatic rings. The smallest absolute Gasteiger partial charge is 0.227 e. The van der Waals surface area contributed by atoms with Crippen molar-refractivity contribution in [3.63, 3.8) is 0 Å². The normalized spacial score (nSPS) is 10.7. The van der Waals surface area contributed by atoms with Crippen LogP contribution in [0.1, 0.15) is 25.7 Å². The third-order valence-corrected chi connectivity index (χ3v) is 3.66. The molecule has 1 aromatic heterocycles. The number of halogens is 1. The van der Waals surface area contributed by atoms with E-state index in [2.05, 4.69) is 31.4 Å². The summed E-state index contributed by atoms with van der Waals surface area (Å²) in [5.41, 5.74) is 0.878. The lowest BCUT2D eigenvalue weighted by Crippen LogP contribution is -2.25. The monoisotopic (exact) mass is 381 g/mol. The van der Waals surface area contributed by atoms with Gasteiger partial charge >= 0.3 is 0 Å². The summed E-state index contributed by atoms with van der Waals surface area (Å²) in [6, 6.07) is 7.65. The highest BCUT2D eigenvalue weighted by Crippen LogP contribution is 2.19. The summed E-state index contributed by atoms with van der Waals surface area (Å²) < 4.78 is 11.4. The van der Waals surface area contributed by atoms with E-state index in [1.807, 2.05) is 31.2 Å². The average molecular weight is 382 g/mol. The Bertz CT molecular complexity index is 613. The molecular formula is C16H20BrN3O3. The zero-order valence-electron chi connectivity index (χ0n) is 13.0. The number of nitrogens with zero attached hydrogens (tertiary/aromatic N) is 2. The summed E-state index contributed by atoms with van der Waals surface area (Å²) in [6.07, 6.45) is 1.57. The number of hydrogen-bond acceptors (Lipinski definition) is 5. The maximum atomic E-state index is 11.7. The van der Waals surface area contributed by atoms with E-state index in [4.69, 9.17) is 9.26 Å². The van der Waals surface area contributed by atoms with Crippen molar-refractivity contribution in [1.82, 2.24) is 15.5 Å². The molecule has 0 fully saturated rings. The van der Waals surface area contributed by atoms with E-state index < -0.39 is 0 Å². The van der Waals surface area contributed by atoms with Crippen LogP contribution in [0, 0.1) is 0 Å². The van der Waals surface area contributed by atoms with Crippen molar-refractivity contribution in [2.75, 3.05) is 19.8 Å². The van der Waals surface area contributed by atoms with Gasteiger partial charge in [-0.3, -0.25) is 4.79 Å². The van der Waals surface area contributed by atoms with Gasteiger partial charge in [-0.05, 0) is 37.6 Å². The summed E-state index contributed by atoms with van der Waals surface area (Å²) >= 11 is 3.38. The molecule has 2 rings (SSSR count). The molecule has 0 unspecified atom stereocenters. The predicted molar refractivity (Wildman–Crippen MR) is 89.9 cm³/mol. The van der Waals surface area contributed by atoms with Crippen LogP contribution >= 0.6 is 15.9 Å². The highest BCUT2D eigenvalue weighted by molar-refractivity contribution is 9.10. The molecule has 23 heavy (non-hydrogen) atoms. The second-order valence-corrected chi connectivity index (χ2v) is 5.83. The molecule has 0 aliphatic heterocycles. The Morgan fingerprint density at radius 2 is 2.13 bits per heavy atom. The van der Waals surface area contributed by atoms with Crippen molar-refractivity contribution in [2.24, 2.45) is 0 Å². The number of aryl methyl sites for hydroxylation is 1. The fraction of sp³-hybridized carbons (Fsp3) is 0.438. The van der Waals surface area contributed by atoms with Crippen molar-refractivity contribution < 1.29 is 14.1 Å². The zero-order chi connectivity index (χ0) is 16.5. The molecule has 0 radical (unpaired) electrons. The number of ether oxygens (including phenoxy) is 1. The van der Waals surface area contributed by atoms with E-state index >= 15 is 0 Å². The maximum Gasteiger partial charge on any atom is 0.227 e. The highest BCUT2D eigenvalue weighted by Gasteiger charge is 2.10. The maximum absolute atomic E-state index is 11.7. The van der Waals surface area contributed by atoms with Gasteiger partial charge in [0.15, 0.2) is 0 Å². The SMILES string of the molecule is CCOCCCNC(=O)CCc1nc(-c2ccc(Br)cc2)no1. The molecule has 0 saturated heterocycles. The van der Waals surface area contributed by atoms with Gasteiger partial charge in [0.25, 0.3) is 0 Å². The van der Waals surface area contributed by atoms with E-state index in [1.165, 1.54) is 0 Å². The number of carbonyl (C=O) groups is 1. The molecule has 0 bridgehead atoms. The lowest BCUT2D eigenvalue weighted by molar-refractivity contribution is -0.121. The van der Waals surface area contributed by atoms with Crippen molar-refractivity contribution in [3.05, 3.63) is 34.6 Å². The first kappa shape index (κ1) is 17.6. The topological polar surface area (TPSA) is 77.2 Å². The number of benzene rings is 1. The fourth-order valence-corrected chi connectivity index (χ4v) is 2.19. The molecule has 124 valence electrons. The second-order valence-electron chi connectivity index (χ2n) is 4.92. The largest absolute Gasteiger partial charge is 0.382 e. The van der Waals surface area contributed by atoms with E-state index in [-0.39, 0.29) is 5.91 Å². The van der Waals surface area contributed by atoms with Crippen LogP contribution in [0.5, 0.6) is 0 Å². The van der Waals surface area contributed by atoms with E-state index in [9.17, 15) is 4.79 Å². The van der Waals surface area contributed by atoms with E-state index in [0.717, 1.165) is 16.5 Å². The first-order chi connectivity index (χ1) is 11.2. The standard InChI is InChI=1S/C16H20BrN3O3/c1-2-22-11-3-10-18-14(21)8-9-15-19-16(20-23-15)12-4-6-13(17)7-5-12/h4-7H,2-3,8-11H2,1H3,(H,18,21). The third kappa shape index (κ3) is 6.11. The summed E-state index contributed by atoms with van der Waals surface area (Å²) in [5.74, 6) is 0.974. The van der Waals surface area contributed by atoms with Crippen LogP contribution in [0.25, 0.3) is 11.4 Å². The van der Waals surface area contributed by atoms with Crippen LogP contribution in [0.3, 0.4) is 0 Å². The van der Waals surface area contributed by atoms with Gasteiger partial charge in [0.2, 0.25) is 17.6 Å². The zero-order valence-corrected chi connectivity index (χ0v) is 14.6. The van der Waals surface area contributed by atoms with Crippen LogP contribution in [0.4, 0.5) is 0 Å². The number of nitrogens with one attached hydrogen (secondary N) is 1. The summed E-state index contributed by atoms with van der Waals surface area (Å²) in [7, 11) is 0. The fourth-order valence-electron chi connectivity index (χ4n) is 1.93. The summed E-state index contributed by atoms with van der Waals surface area (Å²) in [6.45, 7) is 3.93. The van der Waals surface area contributed by atoms with Crippen LogP contribution in [-0.4, -0.2) is 35.8 Å². The van der Waals surface area contributed by atoms with Crippen molar-refractivity contribution in [1.29, 1.82) is 0 Å². The number of carbonyl (C=O) groups excluding carboxylic acids is 1. The molecule has 1 heterocycles. The van der Waals surface area contributed by atoms with Gasteiger partial charge in [-0.2, -0.15) is 4.98 Å². The van der Waals surface area contributed by atoms with Crippen LogP contribution in [0.2, 0.25) is 0 Å². The minimum Gasteiger partial charge on any atom is -0.382 e. The number of amides is 1. The van der Waals surface area contributed by atoms with Gasteiger partial charge < -0.3 is 14.6 Å². The second kappa shape index (κ2) is 9.42. The predicted octanol–water partition coefficient (Wildman–Crippen LogP) is 2.97. The Kier molecular flexibility index (Phi) is 7.22. The van der Waals surface area contributed by atoms with Crippen molar-refractivity contribution in [3.8, 4) is 11.4 Å². The Hall–Kier alpha value is -1.73. The molecule has 0 spiro atoms. The molecule has 0 saturated carbocycles. The van der Waals surface area contributed by atoms with Gasteiger partial charge in [0, 0.05) is 42.6 Å². The quantitative estimate of drug-likeness (QED) is 0.675. The molecule has 0 aliphatic carbocycles. The van der Waals surface area contributed by atoms with Crippen molar-refractivity contribution in [2.45, 2.75) is 26.2 Å². The number of rotatable bonds is 9. The Balaban J connectivity index is 1.74. The number of hydrogen-bond donors (Lipinski definition) is 1. The van der Waals surface area contributed by atoms with Crippen LogP contribution in [0.15, 0.2) is 33.3 Å². The minimum atomic E-state index is -0.0232. The average Bonchev–Trinajstić information content (AvgIpc) is 3.02. The molecule has 0 atom stereocenters. The summed E-state index contributed by atoms with van der Waals surface area (Å²) in [4.78, 5) is 16.0. The van der Waals surface area contributed by atoms with Gasteiger partial charge in [-0.15, -0.1) is 0 Å². The number of aromatic nitrogens is 2. The Labute approximate surface area is 143 Å².